The fourth-order valence-corrected chi connectivity index (χ4v) is 1.62. The van der Waals surface area contributed by atoms with Gasteiger partial charge in [0, 0.05) is 0 Å². The first-order chi connectivity index (χ1) is 9.19. The highest BCUT2D eigenvalue weighted by Crippen LogP contribution is 2.25. The summed E-state index contributed by atoms with van der Waals surface area (Å²) in [5.74, 6) is 0. The van der Waals surface area contributed by atoms with E-state index in [0.717, 1.165) is 16.6 Å². The molecule has 0 saturated heterocycles. The van der Waals surface area contributed by atoms with Crippen molar-refractivity contribution in [2.45, 2.75) is 12.4 Å². The predicted octanol–water partition coefficient (Wildman–Crippen LogP) is 1.80. The average molecular weight is 307 g/mol. The van der Waals surface area contributed by atoms with Crippen LogP contribution in [0.4, 0.5) is 13.2 Å². The molecular weight excluding hydrogens is 299 g/mol. The van der Waals surface area contributed by atoms with E-state index >= 15 is 0 Å². The maximum atomic E-state index is 12.1. The third-order valence-electron chi connectivity index (χ3n) is 2.24. The van der Waals surface area contributed by atoms with Crippen LogP contribution < -0.4 is 4.18 Å². The van der Waals surface area contributed by atoms with Gasteiger partial charge in [-0.25, -0.2) is 4.68 Å². The lowest BCUT2D eigenvalue weighted by molar-refractivity contribution is -0.0502. The van der Waals surface area contributed by atoms with Crippen LogP contribution in [0.1, 0.15) is 5.56 Å². The van der Waals surface area contributed by atoms with Gasteiger partial charge < -0.3 is 4.18 Å². The van der Waals surface area contributed by atoms with Crippen LogP contribution in [-0.4, -0.2) is 28.7 Å². The van der Waals surface area contributed by atoms with E-state index in [4.69, 9.17) is 0 Å². The van der Waals surface area contributed by atoms with Gasteiger partial charge in [-0.2, -0.15) is 26.6 Å². The summed E-state index contributed by atoms with van der Waals surface area (Å²) < 4.78 is 62.8. The molecule has 1 aromatic carbocycles. The van der Waals surface area contributed by atoms with Gasteiger partial charge in [-0.15, -0.1) is 5.10 Å². The van der Waals surface area contributed by atoms with Crippen molar-refractivity contribution in [2.75, 3.05) is 0 Å². The molecule has 0 radical (unpaired) electrons. The van der Waals surface area contributed by atoms with E-state index in [1.54, 1.807) is 24.3 Å². The van der Waals surface area contributed by atoms with Crippen molar-refractivity contribution in [1.29, 1.82) is 0 Å². The van der Waals surface area contributed by atoms with Crippen molar-refractivity contribution < 1.29 is 25.8 Å². The molecule has 108 valence electrons. The van der Waals surface area contributed by atoms with E-state index in [1.165, 1.54) is 0 Å². The Bertz CT molecular complexity index is 707. The Hall–Kier alpha value is -2.10. The predicted molar refractivity (Wildman–Crippen MR) is 61.7 cm³/mol. The van der Waals surface area contributed by atoms with Gasteiger partial charge >= 0.3 is 21.6 Å². The number of hydrogen-bond acceptors (Lipinski definition) is 5. The average Bonchev–Trinajstić information content (AvgIpc) is 2.76. The van der Waals surface area contributed by atoms with Crippen molar-refractivity contribution in [2.24, 2.45) is 0 Å². The van der Waals surface area contributed by atoms with Crippen LogP contribution in [-0.2, 0) is 10.1 Å². The minimum Gasteiger partial charge on any atom is -0.335 e. The molecule has 2 rings (SSSR count). The number of hydrogen-bond donors (Lipinski definition) is 0. The molecule has 0 N–H and O–H groups in total. The lowest BCUT2D eigenvalue weighted by Gasteiger charge is -2.05. The highest BCUT2D eigenvalue weighted by Gasteiger charge is 2.49. The fourth-order valence-electron chi connectivity index (χ4n) is 1.25. The maximum Gasteiger partial charge on any atom is 0.534 e. The Labute approximate surface area is 111 Å². The topological polar surface area (TPSA) is 74.1 Å². The van der Waals surface area contributed by atoms with Crippen LogP contribution in [0.3, 0.4) is 0 Å². The zero-order valence-corrected chi connectivity index (χ0v) is 10.8. The second-order valence-electron chi connectivity index (χ2n) is 3.79. The normalized spacial score (nSPS) is 12.4. The van der Waals surface area contributed by atoms with Crippen LogP contribution in [0.2, 0.25) is 0 Å². The van der Waals surface area contributed by atoms with Crippen molar-refractivity contribution in [3.63, 3.8) is 0 Å². The summed E-state index contributed by atoms with van der Waals surface area (Å²) >= 11 is 0. The van der Waals surface area contributed by atoms with Gasteiger partial charge in [0.25, 0.3) is 0 Å². The molecule has 0 unspecified atom stereocenters. The largest absolute Gasteiger partial charge is 0.534 e. The first-order valence-electron chi connectivity index (χ1n) is 5.18. The van der Waals surface area contributed by atoms with Gasteiger partial charge in [0.05, 0.1) is 5.69 Å². The van der Waals surface area contributed by atoms with Crippen molar-refractivity contribution in [3.05, 3.63) is 36.2 Å². The van der Waals surface area contributed by atoms with Crippen molar-refractivity contribution >= 4 is 10.1 Å². The standard InChI is InChI=1S/C10H8F3N3O3S/c1-7-2-4-8(5-3-7)16-6-14-9(15-16)19-20(17,18)10(11,12)13/h2-6H,1H3. The highest BCUT2D eigenvalue weighted by atomic mass is 32.2. The van der Waals surface area contributed by atoms with Gasteiger partial charge in [0.2, 0.25) is 0 Å². The Morgan fingerprint density at radius 2 is 1.80 bits per heavy atom. The number of aromatic nitrogens is 3. The second kappa shape index (κ2) is 4.78. The summed E-state index contributed by atoms with van der Waals surface area (Å²) in [6, 6.07) is 5.90. The molecule has 6 nitrogen and oxygen atoms in total. The number of halogens is 3. The summed E-state index contributed by atoms with van der Waals surface area (Å²) in [6.07, 6.45) is 1.05. The van der Waals surface area contributed by atoms with Crippen LogP contribution in [0.25, 0.3) is 5.69 Å². The van der Waals surface area contributed by atoms with E-state index in [2.05, 4.69) is 14.3 Å². The summed E-state index contributed by atoms with van der Waals surface area (Å²) in [5, 5.41) is 3.51. The smallest absolute Gasteiger partial charge is 0.335 e. The van der Waals surface area contributed by atoms with Gasteiger partial charge in [0.1, 0.15) is 6.33 Å². The molecule has 20 heavy (non-hydrogen) atoms. The first kappa shape index (κ1) is 14.3. The Morgan fingerprint density at radius 3 is 2.35 bits per heavy atom. The van der Waals surface area contributed by atoms with Gasteiger partial charge in [-0.1, -0.05) is 17.7 Å². The quantitative estimate of drug-likeness (QED) is 0.638. The summed E-state index contributed by atoms with van der Waals surface area (Å²) in [5.41, 5.74) is -4.05. The van der Waals surface area contributed by atoms with Crippen LogP contribution >= 0.6 is 0 Å². The molecule has 0 saturated carbocycles. The third-order valence-corrected chi connectivity index (χ3v) is 3.17. The van der Waals surface area contributed by atoms with Crippen LogP contribution in [0.5, 0.6) is 6.01 Å². The zero-order chi connectivity index (χ0) is 15.0. The molecule has 0 aliphatic heterocycles. The number of alkyl halides is 3. The molecule has 0 amide bonds. The highest BCUT2D eigenvalue weighted by molar-refractivity contribution is 7.87. The summed E-state index contributed by atoms with van der Waals surface area (Å²) in [6.45, 7) is 1.86. The molecule has 0 atom stereocenters. The minimum absolute atomic E-state index is 0.502. The Morgan fingerprint density at radius 1 is 1.20 bits per heavy atom. The molecule has 0 spiro atoms. The van der Waals surface area contributed by atoms with Gasteiger partial charge in [0.15, 0.2) is 0 Å². The molecule has 2 aromatic rings. The van der Waals surface area contributed by atoms with E-state index < -0.39 is 21.6 Å². The molecule has 0 aliphatic carbocycles. The zero-order valence-electron chi connectivity index (χ0n) is 10.00. The van der Waals surface area contributed by atoms with Crippen molar-refractivity contribution in [3.8, 4) is 11.7 Å². The number of aryl methyl sites for hydroxylation is 1. The van der Waals surface area contributed by atoms with E-state index in [1.807, 2.05) is 6.92 Å². The molecule has 10 heteroatoms. The van der Waals surface area contributed by atoms with E-state index in [0.29, 0.717) is 5.69 Å². The second-order valence-corrected chi connectivity index (χ2v) is 5.33. The van der Waals surface area contributed by atoms with E-state index in [-0.39, 0.29) is 0 Å². The van der Waals surface area contributed by atoms with Crippen molar-refractivity contribution in [1.82, 2.24) is 14.8 Å². The third kappa shape index (κ3) is 2.90. The number of rotatable bonds is 3. The van der Waals surface area contributed by atoms with Gasteiger partial charge in [-0.3, -0.25) is 0 Å². The number of nitrogens with zero attached hydrogens (tertiary/aromatic N) is 3. The van der Waals surface area contributed by atoms with E-state index in [9.17, 15) is 21.6 Å². The monoisotopic (exact) mass is 307 g/mol. The van der Waals surface area contributed by atoms with Crippen LogP contribution in [0.15, 0.2) is 30.6 Å². The summed E-state index contributed by atoms with van der Waals surface area (Å²) in [7, 11) is -5.76. The lowest BCUT2D eigenvalue weighted by Crippen LogP contribution is -2.28. The molecule has 0 fully saturated rings. The summed E-state index contributed by atoms with van der Waals surface area (Å²) in [4.78, 5) is 3.36. The fraction of sp³-hybridized carbons (Fsp3) is 0.200. The minimum atomic E-state index is -5.76. The maximum absolute atomic E-state index is 12.1. The SMILES string of the molecule is Cc1ccc(-n2cnc(OS(=O)(=O)C(F)(F)F)n2)cc1. The molecular formula is C10H8F3N3O3S. The molecule has 1 aromatic heterocycles. The Balaban J connectivity index is 2.24. The lowest BCUT2D eigenvalue weighted by atomic mass is 10.2. The van der Waals surface area contributed by atoms with Crippen LogP contribution in [0, 0.1) is 6.92 Å². The first-order valence-corrected chi connectivity index (χ1v) is 6.59. The molecule has 0 aliphatic rings. The molecule has 1 heterocycles. The van der Waals surface area contributed by atoms with Gasteiger partial charge in [-0.05, 0) is 19.1 Å². The number of benzene rings is 1. The molecule has 0 bridgehead atoms. The Kier molecular flexibility index (Phi) is 3.42.